The quantitative estimate of drug-likeness (QED) is 0.312. The first-order valence-corrected chi connectivity index (χ1v) is 10.2. The molecular formula is C12H16N2O10S2. The van der Waals surface area contributed by atoms with Crippen LogP contribution in [0.1, 0.15) is 0 Å². The summed E-state index contributed by atoms with van der Waals surface area (Å²) in [4.78, 5) is 30.2. The molecule has 0 aromatic heterocycles. The first kappa shape index (κ1) is 18.3. The second-order valence-corrected chi connectivity index (χ2v) is 8.95. The van der Waals surface area contributed by atoms with Gasteiger partial charge in [0.1, 0.15) is 24.4 Å². The van der Waals surface area contributed by atoms with Crippen molar-refractivity contribution >= 4 is 21.6 Å². The average Bonchev–Trinajstić information content (AvgIpc) is 3.30. The van der Waals surface area contributed by atoms with Gasteiger partial charge in [-0.25, -0.2) is 0 Å². The maximum atomic E-state index is 10.5. The Kier molecular flexibility index (Phi) is 5.29. The highest BCUT2D eigenvalue weighted by Crippen LogP contribution is 2.45. The smallest absolute Gasteiger partial charge is 0.294 e. The zero-order valence-electron chi connectivity index (χ0n) is 13.2. The molecule has 12 nitrogen and oxygen atoms in total. The lowest BCUT2D eigenvalue weighted by Gasteiger charge is -2.19. The van der Waals surface area contributed by atoms with E-state index in [-0.39, 0.29) is 35.9 Å². The molecule has 4 rings (SSSR count). The van der Waals surface area contributed by atoms with Crippen LogP contribution in [-0.4, -0.2) is 83.7 Å². The molecule has 14 heteroatoms. The van der Waals surface area contributed by atoms with E-state index in [1.807, 2.05) is 0 Å². The maximum Gasteiger partial charge on any atom is 0.294 e. The van der Waals surface area contributed by atoms with Crippen molar-refractivity contribution < 1.29 is 38.8 Å². The Morgan fingerprint density at radius 1 is 0.692 bits per heavy atom. The lowest BCUT2D eigenvalue weighted by Crippen LogP contribution is -2.34. The number of rotatable bonds is 7. The van der Waals surface area contributed by atoms with E-state index in [0.29, 0.717) is 13.2 Å². The molecule has 0 aliphatic carbocycles. The molecule has 0 aromatic rings. The third-order valence-corrected chi connectivity index (χ3v) is 7.90. The summed E-state index contributed by atoms with van der Waals surface area (Å²) in [6.45, 7) is 1.05. The highest BCUT2D eigenvalue weighted by Gasteiger charge is 2.52. The van der Waals surface area contributed by atoms with Crippen molar-refractivity contribution in [3.63, 3.8) is 0 Å². The van der Waals surface area contributed by atoms with E-state index in [0.717, 1.165) is 0 Å². The molecule has 0 amide bonds. The topological polar surface area (TPSA) is 142 Å². The van der Waals surface area contributed by atoms with Crippen LogP contribution < -0.4 is 0 Å². The van der Waals surface area contributed by atoms with E-state index in [1.165, 1.54) is 0 Å². The van der Waals surface area contributed by atoms with Crippen molar-refractivity contribution in [1.29, 1.82) is 0 Å². The molecule has 0 spiro atoms. The second kappa shape index (κ2) is 7.52. The Balaban J connectivity index is 1.27. The van der Waals surface area contributed by atoms with E-state index in [2.05, 4.69) is 9.68 Å². The molecule has 4 aliphatic rings. The summed E-state index contributed by atoms with van der Waals surface area (Å²) in [5.41, 5.74) is 0. The molecule has 0 radical (unpaired) electrons. The fourth-order valence-corrected chi connectivity index (χ4v) is 6.65. The van der Waals surface area contributed by atoms with Gasteiger partial charge < -0.3 is 28.6 Å². The largest absolute Gasteiger partial charge is 0.372 e. The monoisotopic (exact) mass is 412 g/mol. The maximum absolute atomic E-state index is 10.5. The standard InChI is InChI=1S/C12H16N2O10S2/c15-13(16)23-5-1-19-11-7(3-21-9(5)11)25-26-8-4-22-10-6(24-14(17)18)2-20-12(8)10/h5-12H,1-4H2. The Labute approximate surface area is 154 Å². The van der Waals surface area contributed by atoms with E-state index in [1.54, 1.807) is 21.6 Å². The molecule has 0 aromatic carbocycles. The molecule has 8 unspecified atom stereocenters. The number of nitrogens with zero attached hydrogens (tertiary/aromatic N) is 2. The van der Waals surface area contributed by atoms with Crippen LogP contribution in [0.3, 0.4) is 0 Å². The van der Waals surface area contributed by atoms with E-state index in [4.69, 9.17) is 18.9 Å². The van der Waals surface area contributed by atoms with Crippen LogP contribution >= 0.6 is 21.6 Å². The molecule has 8 atom stereocenters. The van der Waals surface area contributed by atoms with Gasteiger partial charge in [0.25, 0.3) is 10.2 Å². The van der Waals surface area contributed by atoms with Gasteiger partial charge in [-0.15, -0.1) is 20.2 Å². The Morgan fingerprint density at radius 3 is 1.46 bits per heavy atom. The van der Waals surface area contributed by atoms with Crippen LogP contribution in [0.5, 0.6) is 0 Å². The number of hydrogen-bond acceptors (Lipinski definition) is 12. The minimum atomic E-state index is -0.828. The van der Waals surface area contributed by atoms with Crippen molar-refractivity contribution in [3.8, 4) is 0 Å². The van der Waals surface area contributed by atoms with Crippen LogP contribution in [0.15, 0.2) is 0 Å². The minimum Gasteiger partial charge on any atom is -0.372 e. The summed E-state index contributed by atoms with van der Waals surface area (Å²) in [7, 11) is 3.10. The number of fused-ring (bicyclic) bond motifs is 2. The lowest BCUT2D eigenvalue weighted by atomic mass is 10.1. The fourth-order valence-electron chi connectivity index (χ4n) is 3.57. The van der Waals surface area contributed by atoms with E-state index in [9.17, 15) is 20.2 Å². The first-order valence-electron chi connectivity index (χ1n) is 7.94. The van der Waals surface area contributed by atoms with Gasteiger partial charge in [-0.05, 0) is 0 Å². The van der Waals surface area contributed by atoms with Crippen molar-refractivity contribution in [3.05, 3.63) is 20.2 Å². The minimum absolute atomic E-state index is 0.00312. The Bertz CT molecular complexity index is 522. The van der Waals surface area contributed by atoms with Crippen molar-refractivity contribution in [1.82, 2.24) is 0 Å². The zero-order chi connectivity index (χ0) is 18.3. The average molecular weight is 412 g/mol. The lowest BCUT2D eigenvalue weighted by molar-refractivity contribution is -0.769. The molecule has 26 heavy (non-hydrogen) atoms. The summed E-state index contributed by atoms with van der Waals surface area (Å²) >= 11 is 0. The highest BCUT2D eigenvalue weighted by molar-refractivity contribution is 8.77. The molecular weight excluding hydrogens is 396 g/mol. The predicted octanol–water partition coefficient (Wildman–Crippen LogP) is -0.146. The van der Waals surface area contributed by atoms with Crippen LogP contribution in [0, 0.1) is 20.2 Å². The van der Waals surface area contributed by atoms with Gasteiger partial charge in [0.15, 0.2) is 12.2 Å². The molecule has 0 bridgehead atoms. The third kappa shape index (κ3) is 3.53. The molecule has 4 aliphatic heterocycles. The van der Waals surface area contributed by atoms with Gasteiger partial charge in [0.05, 0.1) is 36.9 Å². The van der Waals surface area contributed by atoms with Crippen LogP contribution in [0.25, 0.3) is 0 Å². The zero-order valence-corrected chi connectivity index (χ0v) is 14.9. The summed E-state index contributed by atoms with van der Waals surface area (Å²) in [5.74, 6) is 0. The van der Waals surface area contributed by atoms with Gasteiger partial charge in [0.2, 0.25) is 0 Å². The van der Waals surface area contributed by atoms with Gasteiger partial charge in [-0.3, -0.25) is 0 Å². The van der Waals surface area contributed by atoms with Gasteiger partial charge >= 0.3 is 0 Å². The highest BCUT2D eigenvalue weighted by atomic mass is 33.1. The van der Waals surface area contributed by atoms with Gasteiger partial charge in [-0.2, -0.15) is 0 Å². The molecule has 146 valence electrons. The molecule has 4 heterocycles. The SMILES string of the molecule is O=[N+]([O-])OC1COC2C(SSC3COC4C(O[N+](=O)[O-])COC34)COC12. The van der Waals surface area contributed by atoms with Crippen LogP contribution in [0.4, 0.5) is 0 Å². The molecule has 4 saturated heterocycles. The predicted molar refractivity (Wildman–Crippen MR) is 85.5 cm³/mol. The Hall–Kier alpha value is -1.06. The van der Waals surface area contributed by atoms with E-state index >= 15 is 0 Å². The number of ether oxygens (including phenoxy) is 4. The van der Waals surface area contributed by atoms with Crippen LogP contribution in [-0.2, 0) is 28.6 Å². The van der Waals surface area contributed by atoms with Crippen molar-refractivity contribution in [2.24, 2.45) is 0 Å². The normalized spacial score (nSPS) is 43.8. The third-order valence-electron chi connectivity index (χ3n) is 4.67. The van der Waals surface area contributed by atoms with Crippen molar-refractivity contribution in [2.75, 3.05) is 26.4 Å². The summed E-state index contributed by atoms with van der Waals surface area (Å²) in [5, 5.41) is 19.4. The van der Waals surface area contributed by atoms with Gasteiger partial charge in [-0.1, -0.05) is 21.6 Å². The first-order chi connectivity index (χ1) is 12.5. The van der Waals surface area contributed by atoms with Crippen LogP contribution in [0.2, 0.25) is 0 Å². The van der Waals surface area contributed by atoms with Crippen molar-refractivity contribution in [2.45, 2.75) is 47.1 Å². The molecule has 4 fully saturated rings. The molecule has 0 N–H and O–H groups in total. The fraction of sp³-hybridized carbons (Fsp3) is 1.00. The Morgan fingerprint density at radius 2 is 1.08 bits per heavy atom. The summed E-state index contributed by atoms with van der Waals surface area (Å²) in [6.07, 6.45) is -2.86. The number of hydrogen-bond donors (Lipinski definition) is 0. The van der Waals surface area contributed by atoms with Gasteiger partial charge in [0, 0.05) is 0 Å². The molecule has 0 saturated carbocycles. The van der Waals surface area contributed by atoms with E-state index < -0.39 is 34.6 Å². The summed E-state index contributed by atoms with van der Waals surface area (Å²) < 4.78 is 22.5. The second-order valence-electron chi connectivity index (χ2n) is 6.20. The summed E-state index contributed by atoms with van der Waals surface area (Å²) in [6, 6.07) is 0.